The zero-order valence-electron chi connectivity index (χ0n) is 11.0. The molecule has 1 aliphatic heterocycles. The second-order valence-corrected chi connectivity index (χ2v) is 6.79. The molecule has 2 rings (SSSR count). The summed E-state index contributed by atoms with van der Waals surface area (Å²) in [5.41, 5.74) is 0.110. The molecule has 0 bridgehead atoms. The smallest absolute Gasteiger partial charge is 0.225 e. The van der Waals surface area contributed by atoms with Crippen LogP contribution in [-0.4, -0.2) is 37.5 Å². The lowest BCUT2D eigenvalue weighted by atomic mass is 10.3. The van der Waals surface area contributed by atoms with E-state index in [4.69, 9.17) is 0 Å². The van der Waals surface area contributed by atoms with E-state index in [2.05, 4.69) is 5.32 Å². The number of carbonyl (C=O) groups is 1. The van der Waals surface area contributed by atoms with Crippen LogP contribution in [0.5, 0.6) is 0 Å². The third-order valence-electron chi connectivity index (χ3n) is 3.19. The molecule has 1 aromatic rings. The summed E-state index contributed by atoms with van der Waals surface area (Å²) < 4.78 is 38.2. The maximum absolute atomic E-state index is 13.3. The molecule has 0 spiro atoms. The topological polar surface area (TPSA) is 66.5 Å². The molecule has 1 aliphatic rings. The zero-order chi connectivity index (χ0) is 14.6. The Morgan fingerprint density at radius 3 is 2.75 bits per heavy atom. The van der Waals surface area contributed by atoms with Gasteiger partial charge in [0.2, 0.25) is 15.9 Å². The SMILES string of the molecule is O=C(CCN1CCCCS1(=O)=O)Nc1ccccc1F. The second-order valence-electron chi connectivity index (χ2n) is 4.70. The number of halogens is 1. The lowest BCUT2D eigenvalue weighted by molar-refractivity contribution is -0.116. The monoisotopic (exact) mass is 300 g/mol. The molecule has 1 fully saturated rings. The van der Waals surface area contributed by atoms with E-state index in [1.54, 1.807) is 6.07 Å². The first-order valence-corrected chi connectivity index (χ1v) is 8.12. The molecule has 0 unspecified atom stereocenters. The first-order valence-electron chi connectivity index (χ1n) is 6.51. The minimum Gasteiger partial charge on any atom is -0.324 e. The van der Waals surface area contributed by atoms with E-state index in [0.717, 1.165) is 6.42 Å². The molecular formula is C13H17FN2O3S. The number of nitrogens with zero attached hydrogens (tertiary/aromatic N) is 1. The molecule has 110 valence electrons. The van der Waals surface area contributed by atoms with Crippen LogP contribution in [0.1, 0.15) is 19.3 Å². The number of amides is 1. The van der Waals surface area contributed by atoms with E-state index in [0.29, 0.717) is 13.0 Å². The van der Waals surface area contributed by atoms with Crippen LogP contribution in [0.15, 0.2) is 24.3 Å². The predicted octanol–water partition coefficient (Wildman–Crippen LogP) is 1.58. The van der Waals surface area contributed by atoms with Crippen LogP contribution >= 0.6 is 0 Å². The molecule has 0 aromatic heterocycles. The van der Waals surface area contributed by atoms with Crippen LogP contribution in [0.4, 0.5) is 10.1 Å². The quantitative estimate of drug-likeness (QED) is 0.918. The highest BCUT2D eigenvalue weighted by Crippen LogP contribution is 2.15. The van der Waals surface area contributed by atoms with Gasteiger partial charge in [0.25, 0.3) is 0 Å². The Labute approximate surface area is 117 Å². The molecule has 0 radical (unpaired) electrons. The summed E-state index contributed by atoms with van der Waals surface area (Å²) in [4.78, 5) is 11.7. The van der Waals surface area contributed by atoms with Crippen LogP contribution in [0.2, 0.25) is 0 Å². The molecule has 0 aliphatic carbocycles. The van der Waals surface area contributed by atoms with E-state index < -0.39 is 21.7 Å². The number of anilines is 1. The molecule has 0 saturated carbocycles. The van der Waals surface area contributed by atoms with Crippen LogP contribution < -0.4 is 5.32 Å². The number of sulfonamides is 1. The summed E-state index contributed by atoms with van der Waals surface area (Å²) >= 11 is 0. The average molecular weight is 300 g/mol. The molecular weight excluding hydrogens is 283 g/mol. The first kappa shape index (κ1) is 14.9. The maximum Gasteiger partial charge on any atom is 0.225 e. The molecule has 7 heteroatoms. The summed E-state index contributed by atoms with van der Waals surface area (Å²) in [5, 5.41) is 2.44. The number of carbonyl (C=O) groups excluding carboxylic acids is 1. The minimum absolute atomic E-state index is 0.0214. The molecule has 1 aromatic carbocycles. The van der Waals surface area contributed by atoms with Crippen molar-refractivity contribution in [2.24, 2.45) is 0 Å². The maximum atomic E-state index is 13.3. The Bertz CT molecular complexity index is 589. The lowest BCUT2D eigenvalue weighted by Gasteiger charge is -2.25. The van der Waals surface area contributed by atoms with Gasteiger partial charge in [-0.1, -0.05) is 12.1 Å². The highest BCUT2D eigenvalue weighted by atomic mass is 32.2. The number of benzene rings is 1. The number of para-hydroxylation sites is 1. The summed E-state index contributed by atoms with van der Waals surface area (Å²) in [7, 11) is -3.22. The van der Waals surface area contributed by atoms with Gasteiger partial charge in [-0.05, 0) is 25.0 Å². The standard InChI is InChI=1S/C13H17FN2O3S/c14-11-5-1-2-6-12(11)15-13(17)7-9-16-8-3-4-10-20(16,18)19/h1-2,5-6H,3-4,7-10H2,(H,15,17). The summed E-state index contributed by atoms with van der Waals surface area (Å²) in [6.45, 7) is 0.595. The molecule has 1 heterocycles. The average Bonchev–Trinajstić information content (AvgIpc) is 2.40. The Kier molecular flexibility index (Phi) is 4.72. The second kappa shape index (κ2) is 6.32. The fourth-order valence-corrected chi connectivity index (χ4v) is 3.70. The van der Waals surface area contributed by atoms with Gasteiger partial charge in [0.15, 0.2) is 0 Å². The fraction of sp³-hybridized carbons (Fsp3) is 0.462. The van der Waals surface area contributed by atoms with Crippen molar-refractivity contribution < 1.29 is 17.6 Å². The molecule has 1 N–H and O–H groups in total. The van der Waals surface area contributed by atoms with Crippen LogP contribution in [0.25, 0.3) is 0 Å². The third-order valence-corrected chi connectivity index (χ3v) is 5.15. The molecule has 1 amide bonds. The van der Waals surface area contributed by atoms with Gasteiger partial charge in [-0.25, -0.2) is 17.1 Å². The van der Waals surface area contributed by atoms with E-state index in [1.807, 2.05) is 0 Å². The summed E-state index contributed by atoms with van der Waals surface area (Å²) in [5.74, 6) is -0.760. The Morgan fingerprint density at radius 2 is 2.05 bits per heavy atom. The molecule has 5 nitrogen and oxygen atoms in total. The Balaban J connectivity index is 1.88. The van der Waals surface area contributed by atoms with Crippen molar-refractivity contribution in [1.29, 1.82) is 0 Å². The van der Waals surface area contributed by atoms with Crippen LogP contribution in [-0.2, 0) is 14.8 Å². The van der Waals surface area contributed by atoms with Crippen LogP contribution in [0, 0.1) is 5.82 Å². The first-order chi connectivity index (χ1) is 9.49. The van der Waals surface area contributed by atoms with Gasteiger partial charge in [0, 0.05) is 19.5 Å². The summed E-state index contributed by atoms with van der Waals surface area (Å²) in [6.07, 6.45) is 1.50. The Hall–Kier alpha value is -1.47. The molecule has 20 heavy (non-hydrogen) atoms. The van der Waals surface area contributed by atoms with E-state index >= 15 is 0 Å². The number of rotatable bonds is 4. The highest BCUT2D eigenvalue weighted by molar-refractivity contribution is 7.89. The third kappa shape index (κ3) is 3.77. The van der Waals surface area contributed by atoms with Gasteiger partial charge in [-0.15, -0.1) is 0 Å². The Morgan fingerprint density at radius 1 is 1.30 bits per heavy atom. The van der Waals surface area contributed by atoms with Crippen molar-refractivity contribution in [3.8, 4) is 0 Å². The predicted molar refractivity (Wildman–Crippen MR) is 74.2 cm³/mol. The molecule has 1 saturated heterocycles. The normalized spacial score (nSPS) is 18.6. The number of hydrogen-bond donors (Lipinski definition) is 1. The number of nitrogens with one attached hydrogen (secondary N) is 1. The number of hydrogen-bond acceptors (Lipinski definition) is 3. The summed E-state index contributed by atoms with van der Waals surface area (Å²) in [6, 6.07) is 5.87. The van der Waals surface area contributed by atoms with E-state index in [1.165, 1.54) is 22.5 Å². The zero-order valence-corrected chi connectivity index (χ0v) is 11.8. The van der Waals surface area contributed by atoms with Gasteiger partial charge in [0.05, 0.1) is 11.4 Å². The van der Waals surface area contributed by atoms with Crippen LogP contribution in [0.3, 0.4) is 0 Å². The lowest BCUT2D eigenvalue weighted by Crippen LogP contribution is -2.39. The van der Waals surface area contributed by atoms with E-state index in [-0.39, 0.29) is 24.4 Å². The largest absolute Gasteiger partial charge is 0.324 e. The van der Waals surface area contributed by atoms with Crippen molar-refractivity contribution in [3.63, 3.8) is 0 Å². The minimum atomic E-state index is -3.22. The van der Waals surface area contributed by atoms with Gasteiger partial charge < -0.3 is 5.32 Å². The van der Waals surface area contributed by atoms with Crippen molar-refractivity contribution in [3.05, 3.63) is 30.1 Å². The van der Waals surface area contributed by atoms with Crippen molar-refractivity contribution in [1.82, 2.24) is 4.31 Å². The van der Waals surface area contributed by atoms with Gasteiger partial charge in [0.1, 0.15) is 5.82 Å². The van der Waals surface area contributed by atoms with Gasteiger partial charge in [-0.3, -0.25) is 4.79 Å². The molecule has 0 atom stereocenters. The highest BCUT2D eigenvalue weighted by Gasteiger charge is 2.25. The van der Waals surface area contributed by atoms with E-state index in [9.17, 15) is 17.6 Å². The van der Waals surface area contributed by atoms with Crippen molar-refractivity contribution in [2.75, 3.05) is 24.2 Å². The van der Waals surface area contributed by atoms with Gasteiger partial charge in [-0.2, -0.15) is 0 Å². The van der Waals surface area contributed by atoms with Gasteiger partial charge >= 0.3 is 0 Å². The van der Waals surface area contributed by atoms with Crippen molar-refractivity contribution in [2.45, 2.75) is 19.3 Å². The van der Waals surface area contributed by atoms with Crippen molar-refractivity contribution >= 4 is 21.6 Å². The fourth-order valence-electron chi connectivity index (χ4n) is 2.09.